The molecule has 0 spiro atoms. The quantitative estimate of drug-likeness (QED) is 0.661. The molecule has 14 heavy (non-hydrogen) atoms. The molecule has 1 nitrogen and oxygen atoms in total. The summed E-state index contributed by atoms with van der Waals surface area (Å²) in [6.07, 6.45) is 2.22. The first-order chi connectivity index (χ1) is 6.53. The molecule has 2 saturated carbocycles. The van der Waals surface area contributed by atoms with E-state index in [1.54, 1.807) is 0 Å². The lowest BCUT2D eigenvalue weighted by Crippen LogP contribution is -2.41. The van der Waals surface area contributed by atoms with Gasteiger partial charge in [-0.05, 0) is 24.2 Å². The summed E-state index contributed by atoms with van der Waals surface area (Å²) in [5.74, 6) is 0.916. The highest BCUT2D eigenvalue weighted by Gasteiger charge is 2.68. The molecule has 0 aromatic heterocycles. The van der Waals surface area contributed by atoms with Crippen molar-refractivity contribution in [1.82, 2.24) is 0 Å². The highest BCUT2D eigenvalue weighted by molar-refractivity contribution is 9.10. The summed E-state index contributed by atoms with van der Waals surface area (Å²) in [7, 11) is 0. The van der Waals surface area contributed by atoms with Gasteiger partial charge in [0.15, 0.2) is 5.78 Å². The zero-order valence-electron chi connectivity index (χ0n) is 8.03. The van der Waals surface area contributed by atoms with E-state index in [2.05, 4.69) is 54.7 Å². The molecular weight excluding hydrogens is 376 g/mol. The molecule has 0 unspecified atom stereocenters. The molecule has 80 valence electrons. The standard InChI is InChI=1S/C10H13Br3O/c1-9(4-11)6-2-3-10(9,5-12)8(14)7(6)13/h6-7H,2-5H2,1H3/t6-,7+,9+,10+/m1/s1. The van der Waals surface area contributed by atoms with Gasteiger partial charge in [-0.2, -0.15) is 0 Å². The Morgan fingerprint density at radius 1 is 1.43 bits per heavy atom. The summed E-state index contributed by atoms with van der Waals surface area (Å²) in [5.41, 5.74) is -0.00289. The molecule has 0 radical (unpaired) electrons. The maximum Gasteiger partial charge on any atom is 0.154 e. The maximum absolute atomic E-state index is 12.2. The van der Waals surface area contributed by atoms with E-state index >= 15 is 0 Å². The number of carbonyl (C=O) groups excluding carboxylic acids is 1. The number of fused-ring (bicyclic) bond motifs is 2. The van der Waals surface area contributed by atoms with Crippen molar-refractivity contribution in [3.05, 3.63) is 0 Å². The number of hydrogen-bond acceptors (Lipinski definition) is 1. The first kappa shape index (κ1) is 11.6. The van der Waals surface area contributed by atoms with E-state index < -0.39 is 0 Å². The van der Waals surface area contributed by atoms with Crippen LogP contribution in [0.25, 0.3) is 0 Å². The molecule has 2 fully saturated rings. The molecular formula is C10H13Br3O. The molecule has 2 aliphatic rings. The van der Waals surface area contributed by atoms with Crippen LogP contribution >= 0.6 is 47.8 Å². The summed E-state index contributed by atoms with van der Waals surface area (Å²) >= 11 is 10.7. The van der Waals surface area contributed by atoms with Crippen LogP contribution in [-0.2, 0) is 4.79 Å². The van der Waals surface area contributed by atoms with Crippen LogP contribution in [0.2, 0.25) is 0 Å². The molecule has 0 aromatic rings. The van der Waals surface area contributed by atoms with Gasteiger partial charge in [0.25, 0.3) is 0 Å². The minimum Gasteiger partial charge on any atom is -0.298 e. The van der Waals surface area contributed by atoms with Crippen LogP contribution in [-0.4, -0.2) is 21.3 Å². The van der Waals surface area contributed by atoms with Crippen molar-refractivity contribution >= 4 is 53.6 Å². The first-order valence-corrected chi connectivity index (χ1v) is 8.00. The maximum atomic E-state index is 12.2. The lowest BCUT2D eigenvalue weighted by atomic mass is 9.70. The van der Waals surface area contributed by atoms with Crippen molar-refractivity contribution in [2.75, 3.05) is 10.7 Å². The largest absolute Gasteiger partial charge is 0.298 e. The van der Waals surface area contributed by atoms with Gasteiger partial charge in [-0.1, -0.05) is 54.7 Å². The van der Waals surface area contributed by atoms with Crippen molar-refractivity contribution in [3.8, 4) is 0 Å². The molecule has 4 heteroatoms. The van der Waals surface area contributed by atoms with E-state index in [-0.39, 0.29) is 15.7 Å². The van der Waals surface area contributed by atoms with E-state index in [0.717, 1.165) is 17.1 Å². The topological polar surface area (TPSA) is 17.1 Å². The van der Waals surface area contributed by atoms with E-state index in [1.807, 2.05) is 0 Å². The Balaban J connectivity index is 2.50. The van der Waals surface area contributed by atoms with Gasteiger partial charge in [0.1, 0.15) is 0 Å². The Bertz CT molecular complexity index is 281. The van der Waals surface area contributed by atoms with Crippen LogP contribution in [0.1, 0.15) is 19.8 Å². The molecule has 4 atom stereocenters. The lowest BCUT2D eigenvalue weighted by molar-refractivity contribution is -0.127. The summed E-state index contributed by atoms with van der Waals surface area (Å²) in [6, 6.07) is 0. The van der Waals surface area contributed by atoms with Crippen LogP contribution in [0.3, 0.4) is 0 Å². The molecule has 0 N–H and O–H groups in total. The van der Waals surface area contributed by atoms with Crippen molar-refractivity contribution in [2.24, 2.45) is 16.7 Å². The fraction of sp³-hybridized carbons (Fsp3) is 0.900. The Morgan fingerprint density at radius 2 is 2.07 bits per heavy atom. The second-order valence-corrected chi connectivity index (χ2v) is 6.79. The van der Waals surface area contributed by atoms with Gasteiger partial charge < -0.3 is 0 Å². The summed E-state index contributed by atoms with van der Waals surface area (Å²) < 4.78 is 0. The van der Waals surface area contributed by atoms with Crippen LogP contribution in [0.4, 0.5) is 0 Å². The summed E-state index contributed by atoms with van der Waals surface area (Å²) in [5, 5.41) is 1.73. The van der Waals surface area contributed by atoms with Crippen molar-refractivity contribution in [1.29, 1.82) is 0 Å². The molecule has 2 aliphatic carbocycles. The van der Waals surface area contributed by atoms with Gasteiger partial charge in [0, 0.05) is 16.1 Å². The number of hydrogen-bond donors (Lipinski definition) is 0. The Morgan fingerprint density at radius 3 is 2.50 bits per heavy atom. The second-order valence-electron chi connectivity index (χ2n) is 4.68. The Labute approximate surface area is 110 Å². The second kappa shape index (κ2) is 3.56. The van der Waals surface area contributed by atoms with Crippen molar-refractivity contribution in [2.45, 2.75) is 24.6 Å². The number of carbonyl (C=O) groups is 1. The minimum absolute atomic E-state index is 0.0800. The number of ketones is 1. The Hall–Kier alpha value is 1.11. The van der Waals surface area contributed by atoms with Crippen LogP contribution in [0.5, 0.6) is 0 Å². The average Bonchev–Trinajstić information content (AvgIpc) is 2.57. The molecule has 0 heterocycles. The number of rotatable bonds is 2. The Kier molecular flexibility index (Phi) is 2.95. The van der Waals surface area contributed by atoms with Crippen LogP contribution in [0, 0.1) is 16.7 Å². The number of halogens is 3. The minimum atomic E-state index is -0.130. The third-order valence-electron chi connectivity index (χ3n) is 4.37. The highest BCUT2D eigenvalue weighted by Crippen LogP contribution is 2.66. The van der Waals surface area contributed by atoms with Gasteiger partial charge in [-0.15, -0.1) is 0 Å². The van der Waals surface area contributed by atoms with Crippen LogP contribution < -0.4 is 0 Å². The van der Waals surface area contributed by atoms with Gasteiger partial charge in [0.05, 0.1) is 4.83 Å². The van der Waals surface area contributed by atoms with Gasteiger partial charge in [-0.3, -0.25) is 4.79 Å². The monoisotopic (exact) mass is 386 g/mol. The van der Waals surface area contributed by atoms with Gasteiger partial charge >= 0.3 is 0 Å². The fourth-order valence-corrected chi connectivity index (χ4v) is 6.63. The van der Waals surface area contributed by atoms with E-state index in [0.29, 0.717) is 11.7 Å². The first-order valence-electron chi connectivity index (χ1n) is 4.84. The molecule has 2 rings (SSSR count). The average molecular weight is 389 g/mol. The highest BCUT2D eigenvalue weighted by atomic mass is 79.9. The fourth-order valence-electron chi connectivity index (χ4n) is 3.19. The van der Waals surface area contributed by atoms with Gasteiger partial charge in [-0.25, -0.2) is 0 Å². The van der Waals surface area contributed by atoms with E-state index in [1.165, 1.54) is 6.42 Å². The van der Waals surface area contributed by atoms with Crippen molar-refractivity contribution in [3.63, 3.8) is 0 Å². The molecule has 0 aliphatic heterocycles. The van der Waals surface area contributed by atoms with Crippen molar-refractivity contribution < 1.29 is 4.79 Å². The van der Waals surface area contributed by atoms with Gasteiger partial charge in [0.2, 0.25) is 0 Å². The predicted octanol–water partition coefficient (Wildman–Crippen LogP) is 3.53. The number of Topliss-reactive ketones (excluding diaryl/α,β-unsaturated/α-hetero) is 1. The predicted molar refractivity (Wildman–Crippen MR) is 68.6 cm³/mol. The normalized spacial score (nSPS) is 51.6. The summed E-state index contributed by atoms with van der Waals surface area (Å²) in [6.45, 7) is 2.25. The zero-order valence-corrected chi connectivity index (χ0v) is 12.8. The lowest BCUT2D eigenvalue weighted by Gasteiger charge is -2.36. The third kappa shape index (κ3) is 1.08. The molecule has 2 bridgehead atoms. The SMILES string of the molecule is C[C@]1(CBr)[C@@H]2CC[C@]1(CBr)C(=O)[C@H]2Br. The molecule has 0 aromatic carbocycles. The van der Waals surface area contributed by atoms with Crippen LogP contribution in [0.15, 0.2) is 0 Å². The molecule has 0 saturated heterocycles. The smallest absolute Gasteiger partial charge is 0.154 e. The summed E-state index contributed by atoms with van der Waals surface area (Å²) in [4.78, 5) is 12.3. The number of alkyl halides is 3. The van der Waals surface area contributed by atoms with E-state index in [9.17, 15) is 4.79 Å². The van der Waals surface area contributed by atoms with E-state index in [4.69, 9.17) is 0 Å². The molecule has 0 amide bonds. The zero-order chi connectivity index (χ0) is 10.6. The third-order valence-corrected chi connectivity index (χ3v) is 7.55.